The van der Waals surface area contributed by atoms with Gasteiger partial charge in [0.1, 0.15) is 11.6 Å². The fourth-order valence-electron chi connectivity index (χ4n) is 2.09. The zero-order chi connectivity index (χ0) is 16.9. The van der Waals surface area contributed by atoms with Gasteiger partial charge in [-0.3, -0.25) is 0 Å². The number of aromatic nitrogens is 2. The summed E-state index contributed by atoms with van der Waals surface area (Å²) in [5.41, 5.74) is 1.45. The van der Waals surface area contributed by atoms with E-state index in [1.807, 2.05) is 24.3 Å². The molecule has 7 heteroatoms. The van der Waals surface area contributed by atoms with Gasteiger partial charge in [0.25, 0.3) is 0 Å². The van der Waals surface area contributed by atoms with Crippen molar-refractivity contribution in [1.29, 1.82) is 0 Å². The van der Waals surface area contributed by atoms with Gasteiger partial charge in [0.15, 0.2) is 0 Å². The van der Waals surface area contributed by atoms with E-state index in [-0.39, 0.29) is 0 Å². The fourth-order valence-corrected chi connectivity index (χ4v) is 2.43. The molecule has 1 heterocycles. The second kappa shape index (κ2) is 7.38. The summed E-state index contributed by atoms with van der Waals surface area (Å²) in [7, 11) is 1.61. The maximum Gasteiger partial charge on any atom is 0.229 e. The lowest BCUT2D eigenvalue weighted by molar-refractivity contribution is 0.417. The number of anilines is 4. The van der Waals surface area contributed by atoms with E-state index in [2.05, 4.69) is 20.6 Å². The molecule has 0 saturated heterocycles. The van der Waals surface area contributed by atoms with E-state index >= 15 is 0 Å². The molecule has 0 unspecified atom stereocenters. The number of halogens is 2. The van der Waals surface area contributed by atoms with Crippen LogP contribution < -0.4 is 15.4 Å². The summed E-state index contributed by atoms with van der Waals surface area (Å²) in [6.07, 6.45) is 1.64. The molecule has 0 saturated carbocycles. The molecular weight excluding hydrogens is 347 g/mol. The number of para-hydroxylation sites is 2. The van der Waals surface area contributed by atoms with Gasteiger partial charge in [-0.25, -0.2) is 4.98 Å². The van der Waals surface area contributed by atoms with E-state index in [0.29, 0.717) is 33.2 Å². The summed E-state index contributed by atoms with van der Waals surface area (Å²) < 4.78 is 5.31. The van der Waals surface area contributed by atoms with Crippen molar-refractivity contribution in [2.75, 3.05) is 17.7 Å². The third kappa shape index (κ3) is 3.88. The first-order chi connectivity index (χ1) is 11.7. The van der Waals surface area contributed by atoms with Crippen molar-refractivity contribution in [1.82, 2.24) is 9.97 Å². The molecule has 1 aromatic heterocycles. The Bertz CT molecular complexity index is 857. The molecule has 0 aliphatic heterocycles. The number of rotatable bonds is 5. The highest BCUT2D eigenvalue weighted by atomic mass is 35.5. The Labute approximate surface area is 149 Å². The molecule has 0 spiro atoms. The van der Waals surface area contributed by atoms with E-state index in [1.54, 1.807) is 37.6 Å². The van der Waals surface area contributed by atoms with Gasteiger partial charge in [0, 0.05) is 11.2 Å². The van der Waals surface area contributed by atoms with Gasteiger partial charge in [-0.15, -0.1) is 0 Å². The van der Waals surface area contributed by atoms with Gasteiger partial charge in [-0.1, -0.05) is 35.3 Å². The Kier molecular flexibility index (Phi) is 5.03. The molecule has 0 fully saturated rings. The van der Waals surface area contributed by atoms with Crippen molar-refractivity contribution in [3.05, 3.63) is 64.8 Å². The number of ether oxygens (including phenoxy) is 1. The van der Waals surface area contributed by atoms with Crippen LogP contribution in [-0.2, 0) is 0 Å². The van der Waals surface area contributed by atoms with Crippen LogP contribution >= 0.6 is 23.2 Å². The SMILES string of the molecule is COc1ccccc1Nc1nccc(Nc2cc(Cl)ccc2Cl)n1. The largest absolute Gasteiger partial charge is 0.495 e. The second-order valence-electron chi connectivity index (χ2n) is 4.84. The number of benzene rings is 2. The van der Waals surface area contributed by atoms with Gasteiger partial charge in [-0.2, -0.15) is 4.98 Å². The molecule has 0 aliphatic rings. The number of hydrogen-bond acceptors (Lipinski definition) is 5. The molecule has 3 aromatic rings. The molecular formula is C17H14Cl2N4O. The quantitative estimate of drug-likeness (QED) is 0.648. The van der Waals surface area contributed by atoms with Crippen LogP contribution in [0.3, 0.4) is 0 Å². The van der Waals surface area contributed by atoms with Crippen LogP contribution in [0.4, 0.5) is 23.1 Å². The van der Waals surface area contributed by atoms with Crippen LogP contribution in [0, 0.1) is 0 Å². The molecule has 5 nitrogen and oxygen atoms in total. The summed E-state index contributed by atoms with van der Waals surface area (Å²) in [5.74, 6) is 1.73. The lowest BCUT2D eigenvalue weighted by atomic mass is 10.3. The summed E-state index contributed by atoms with van der Waals surface area (Å²) in [6.45, 7) is 0. The van der Waals surface area contributed by atoms with Crippen molar-refractivity contribution >= 4 is 46.3 Å². The maximum atomic E-state index is 6.16. The Morgan fingerprint density at radius 3 is 2.62 bits per heavy atom. The van der Waals surface area contributed by atoms with Crippen LogP contribution in [-0.4, -0.2) is 17.1 Å². The van der Waals surface area contributed by atoms with Crippen LogP contribution in [0.5, 0.6) is 5.75 Å². The highest BCUT2D eigenvalue weighted by Crippen LogP contribution is 2.29. The van der Waals surface area contributed by atoms with Crippen LogP contribution in [0.25, 0.3) is 0 Å². The molecule has 2 N–H and O–H groups in total. The Hall–Kier alpha value is -2.50. The van der Waals surface area contributed by atoms with Crippen molar-refractivity contribution < 1.29 is 4.74 Å². The Morgan fingerprint density at radius 2 is 1.79 bits per heavy atom. The van der Waals surface area contributed by atoms with Crippen LogP contribution in [0.15, 0.2) is 54.7 Å². The zero-order valence-electron chi connectivity index (χ0n) is 12.8. The average Bonchev–Trinajstić information content (AvgIpc) is 2.59. The molecule has 0 radical (unpaired) electrons. The number of nitrogens with zero attached hydrogens (tertiary/aromatic N) is 2. The average molecular weight is 361 g/mol. The smallest absolute Gasteiger partial charge is 0.229 e. The standard InChI is InChI=1S/C17H14Cl2N4O/c1-24-15-5-3-2-4-13(15)22-17-20-9-8-16(23-17)21-14-10-11(18)6-7-12(14)19/h2-10H,1H3,(H2,20,21,22,23). The van der Waals surface area contributed by atoms with E-state index in [1.165, 1.54) is 0 Å². The van der Waals surface area contributed by atoms with Gasteiger partial charge in [-0.05, 0) is 36.4 Å². The van der Waals surface area contributed by atoms with E-state index in [0.717, 1.165) is 5.69 Å². The summed E-state index contributed by atoms with van der Waals surface area (Å²) in [6, 6.07) is 14.5. The lowest BCUT2D eigenvalue weighted by Gasteiger charge is -2.11. The number of nitrogens with one attached hydrogen (secondary N) is 2. The van der Waals surface area contributed by atoms with Crippen molar-refractivity contribution in [2.24, 2.45) is 0 Å². The lowest BCUT2D eigenvalue weighted by Crippen LogP contribution is -2.01. The molecule has 3 rings (SSSR count). The first kappa shape index (κ1) is 16.4. The molecule has 122 valence electrons. The van der Waals surface area contributed by atoms with E-state index in [9.17, 15) is 0 Å². The summed E-state index contributed by atoms with van der Waals surface area (Å²) >= 11 is 12.2. The predicted octanol–water partition coefficient (Wildman–Crippen LogP) is 5.28. The monoisotopic (exact) mass is 360 g/mol. The molecule has 24 heavy (non-hydrogen) atoms. The summed E-state index contributed by atoms with van der Waals surface area (Å²) in [4.78, 5) is 8.63. The molecule has 0 aliphatic carbocycles. The van der Waals surface area contributed by atoms with Crippen molar-refractivity contribution in [3.8, 4) is 5.75 Å². The third-order valence-electron chi connectivity index (χ3n) is 3.20. The van der Waals surface area contributed by atoms with Crippen LogP contribution in [0.2, 0.25) is 10.0 Å². The fraction of sp³-hybridized carbons (Fsp3) is 0.0588. The van der Waals surface area contributed by atoms with E-state index < -0.39 is 0 Å². The van der Waals surface area contributed by atoms with E-state index in [4.69, 9.17) is 27.9 Å². The molecule has 0 amide bonds. The minimum absolute atomic E-state index is 0.433. The first-order valence-corrected chi connectivity index (χ1v) is 7.86. The van der Waals surface area contributed by atoms with Crippen LogP contribution in [0.1, 0.15) is 0 Å². The maximum absolute atomic E-state index is 6.16. The number of methoxy groups -OCH3 is 1. The Morgan fingerprint density at radius 1 is 0.958 bits per heavy atom. The highest BCUT2D eigenvalue weighted by molar-refractivity contribution is 6.35. The minimum atomic E-state index is 0.433. The van der Waals surface area contributed by atoms with Gasteiger partial charge in [0.05, 0.1) is 23.5 Å². The zero-order valence-corrected chi connectivity index (χ0v) is 14.3. The minimum Gasteiger partial charge on any atom is -0.495 e. The van der Waals surface area contributed by atoms with Crippen molar-refractivity contribution in [2.45, 2.75) is 0 Å². The highest BCUT2D eigenvalue weighted by Gasteiger charge is 2.07. The first-order valence-electron chi connectivity index (χ1n) is 7.11. The summed E-state index contributed by atoms with van der Waals surface area (Å²) in [5, 5.41) is 7.40. The topological polar surface area (TPSA) is 59.1 Å². The predicted molar refractivity (Wildman–Crippen MR) is 98.1 cm³/mol. The molecule has 2 aromatic carbocycles. The number of hydrogen-bond donors (Lipinski definition) is 2. The van der Waals surface area contributed by atoms with Gasteiger partial charge in [0.2, 0.25) is 5.95 Å². The Balaban J connectivity index is 1.83. The second-order valence-corrected chi connectivity index (χ2v) is 5.68. The van der Waals surface area contributed by atoms with Crippen molar-refractivity contribution in [3.63, 3.8) is 0 Å². The molecule has 0 atom stereocenters. The van der Waals surface area contributed by atoms with Gasteiger partial charge >= 0.3 is 0 Å². The molecule has 0 bridgehead atoms. The van der Waals surface area contributed by atoms with Gasteiger partial charge < -0.3 is 15.4 Å². The third-order valence-corrected chi connectivity index (χ3v) is 3.76. The normalized spacial score (nSPS) is 10.3.